The molecule has 19 heavy (non-hydrogen) atoms. The summed E-state index contributed by atoms with van der Waals surface area (Å²) in [6, 6.07) is -0.545. The van der Waals surface area contributed by atoms with Gasteiger partial charge in [-0.2, -0.15) is 0 Å². The van der Waals surface area contributed by atoms with E-state index in [1.165, 1.54) is 7.11 Å². The molecule has 0 aromatic carbocycles. The first-order chi connectivity index (χ1) is 8.99. The summed E-state index contributed by atoms with van der Waals surface area (Å²) in [5.41, 5.74) is 5.69. The molecule has 3 N–H and O–H groups in total. The van der Waals surface area contributed by atoms with Crippen LogP contribution in [0.5, 0.6) is 0 Å². The summed E-state index contributed by atoms with van der Waals surface area (Å²) >= 11 is 0. The highest BCUT2D eigenvalue weighted by atomic mass is 16.5. The normalized spacial score (nSPS) is 24.3. The van der Waals surface area contributed by atoms with Crippen LogP contribution in [0.15, 0.2) is 0 Å². The molecule has 1 aliphatic rings. The van der Waals surface area contributed by atoms with Crippen molar-refractivity contribution in [3.8, 4) is 0 Å². The maximum absolute atomic E-state index is 12.3. The predicted octanol–water partition coefficient (Wildman–Crippen LogP) is 1.07. The molecule has 110 valence electrons. The number of hydrogen-bond acceptors (Lipinski definition) is 4. The van der Waals surface area contributed by atoms with Gasteiger partial charge in [-0.25, -0.2) is 4.79 Å². The Morgan fingerprint density at radius 1 is 1.37 bits per heavy atom. The summed E-state index contributed by atoms with van der Waals surface area (Å²) in [6.45, 7) is 4.56. The minimum atomic E-state index is -0.545. The fraction of sp³-hybridized carbons (Fsp3) is 0.857. The zero-order valence-electron chi connectivity index (χ0n) is 12.1. The average molecular weight is 270 g/mol. The highest BCUT2D eigenvalue weighted by Crippen LogP contribution is 2.31. The second-order valence-electron chi connectivity index (χ2n) is 5.75. The molecular formula is C14H26N2O3. The van der Waals surface area contributed by atoms with Crippen LogP contribution in [0.25, 0.3) is 0 Å². The summed E-state index contributed by atoms with van der Waals surface area (Å²) in [7, 11) is 1.35. The highest BCUT2D eigenvalue weighted by Gasteiger charge is 2.34. The number of esters is 1. The summed E-state index contributed by atoms with van der Waals surface area (Å²) in [4.78, 5) is 23.9. The van der Waals surface area contributed by atoms with Gasteiger partial charge in [0.25, 0.3) is 0 Å². The van der Waals surface area contributed by atoms with Crippen molar-refractivity contribution in [3.63, 3.8) is 0 Å². The van der Waals surface area contributed by atoms with E-state index in [1.807, 2.05) is 13.8 Å². The summed E-state index contributed by atoms with van der Waals surface area (Å²) < 4.78 is 4.75. The third-order valence-corrected chi connectivity index (χ3v) is 3.81. The molecule has 3 unspecified atom stereocenters. The van der Waals surface area contributed by atoms with Gasteiger partial charge in [0.2, 0.25) is 5.91 Å². The van der Waals surface area contributed by atoms with Gasteiger partial charge < -0.3 is 15.8 Å². The van der Waals surface area contributed by atoms with E-state index in [9.17, 15) is 9.59 Å². The Labute approximate surface area is 115 Å². The maximum Gasteiger partial charge on any atom is 0.328 e. The number of ether oxygens (including phenoxy) is 1. The van der Waals surface area contributed by atoms with Crippen LogP contribution in [0.2, 0.25) is 0 Å². The second kappa shape index (κ2) is 7.48. The van der Waals surface area contributed by atoms with Crippen LogP contribution in [0.4, 0.5) is 0 Å². The van der Waals surface area contributed by atoms with Gasteiger partial charge in [0.1, 0.15) is 6.04 Å². The van der Waals surface area contributed by atoms with E-state index in [-0.39, 0.29) is 23.7 Å². The molecule has 1 fully saturated rings. The van der Waals surface area contributed by atoms with Crippen LogP contribution < -0.4 is 11.1 Å². The smallest absolute Gasteiger partial charge is 0.328 e. The van der Waals surface area contributed by atoms with Crippen LogP contribution in [0.3, 0.4) is 0 Å². The van der Waals surface area contributed by atoms with Crippen LogP contribution >= 0.6 is 0 Å². The van der Waals surface area contributed by atoms with E-state index in [0.717, 1.165) is 19.3 Å². The van der Waals surface area contributed by atoms with Crippen molar-refractivity contribution < 1.29 is 14.3 Å². The Bertz CT molecular complexity index is 318. The molecule has 0 heterocycles. The van der Waals surface area contributed by atoms with Crippen molar-refractivity contribution in [1.29, 1.82) is 0 Å². The van der Waals surface area contributed by atoms with Crippen molar-refractivity contribution >= 4 is 11.9 Å². The van der Waals surface area contributed by atoms with Crippen molar-refractivity contribution in [1.82, 2.24) is 5.32 Å². The zero-order chi connectivity index (χ0) is 14.4. The number of rotatable bonds is 6. The lowest BCUT2D eigenvalue weighted by Crippen LogP contribution is -2.46. The molecule has 1 saturated carbocycles. The number of carbonyl (C=O) groups is 2. The Morgan fingerprint density at radius 2 is 2.05 bits per heavy atom. The predicted molar refractivity (Wildman–Crippen MR) is 73.3 cm³/mol. The molecule has 3 atom stereocenters. The van der Waals surface area contributed by atoms with Crippen LogP contribution in [-0.4, -0.2) is 31.6 Å². The van der Waals surface area contributed by atoms with Crippen LogP contribution in [0, 0.1) is 17.8 Å². The number of carbonyl (C=O) groups excluding carboxylic acids is 2. The lowest BCUT2D eigenvalue weighted by molar-refractivity contribution is -0.146. The van der Waals surface area contributed by atoms with Crippen molar-refractivity contribution in [2.45, 2.75) is 45.6 Å². The lowest BCUT2D eigenvalue weighted by atomic mass is 9.94. The molecule has 0 saturated heterocycles. The maximum atomic E-state index is 12.3. The van der Waals surface area contributed by atoms with E-state index >= 15 is 0 Å². The van der Waals surface area contributed by atoms with E-state index < -0.39 is 6.04 Å². The van der Waals surface area contributed by atoms with Crippen LogP contribution in [-0.2, 0) is 14.3 Å². The third-order valence-electron chi connectivity index (χ3n) is 3.81. The van der Waals surface area contributed by atoms with Gasteiger partial charge >= 0.3 is 5.97 Å². The number of nitrogens with two attached hydrogens (primary N) is 1. The first-order valence-electron chi connectivity index (χ1n) is 7.07. The van der Waals surface area contributed by atoms with E-state index in [0.29, 0.717) is 18.9 Å². The molecule has 1 aliphatic carbocycles. The summed E-state index contributed by atoms with van der Waals surface area (Å²) in [5, 5.41) is 2.84. The zero-order valence-corrected chi connectivity index (χ0v) is 12.1. The van der Waals surface area contributed by atoms with E-state index in [2.05, 4.69) is 5.32 Å². The minimum absolute atomic E-state index is 0.0516. The summed E-state index contributed by atoms with van der Waals surface area (Å²) in [5.74, 6) is 0.0910. The van der Waals surface area contributed by atoms with Gasteiger partial charge in [-0.15, -0.1) is 0 Å². The second-order valence-corrected chi connectivity index (χ2v) is 5.75. The van der Waals surface area contributed by atoms with Crippen LogP contribution in [0.1, 0.15) is 39.5 Å². The topological polar surface area (TPSA) is 81.4 Å². The van der Waals surface area contributed by atoms with Gasteiger partial charge in [-0.3, -0.25) is 4.79 Å². The molecule has 1 rings (SSSR count). The molecule has 0 spiro atoms. The Morgan fingerprint density at radius 3 is 2.58 bits per heavy atom. The van der Waals surface area contributed by atoms with Gasteiger partial charge in [0, 0.05) is 5.92 Å². The molecule has 0 aliphatic heterocycles. The molecule has 0 radical (unpaired) electrons. The fourth-order valence-corrected chi connectivity index (χ4v) is 2.77. The van der Waals surface area contributed by atoms with Gasteiger partial charge in [0.15, 0.2) is 0 Å². The standard InChI is InChI=1S/C14H26N2O3/c1-9(2)7-12(14(18)19-3)16-13(17)11-6-4-5-10(11)8-15/h9-12H,4-8,15H2,1-3H3,(H,16,17). The van der Waals surface area contributed by atoms with E-state index in [1.54, 1.807) is 0 Å². The number of amides is 1. The minimum Gasteiger partial charge on any atom is -0.467 e. The quantitative estimate of drug-likeness (QED) is 0.707. The Balaban J connectivity index is 2.62. The highest BCUT2D eigenvalue weighted by molar-refractivity contribution is 5.86. The van der Waals surface area contributed by atoms with Crippen molar-refractivity contribution in [2.24, 2.45) is 23.5 Å². The SMILES string of the molecule is COC(=O)C(CC(C)C)NC(=O)C1CCCC1CN. The molecule has 5 nitrogen and oxygen atoms in total. The molecular weight excluding hydrogens is 244 g/mol. The number of nitrogens with one attached hydrogen (secondary N) is 1. The average Bonchev–Trinajstić information content (AvgIpc) is 2.84. The third kappa shape index (κ3) is 4.49. The fourth-order valence-electron chi connectivity index (χ4n) is 2.77. The molecule has 0 aromatic heterocycles. The lowest BCUT2D eigenvalue weighted by Gasteiger charge is -2.22. The van der Waals surface area contributed by atoms with E-state index in [4.69, 9.17) is 10.5 Å². The number of methoxy groups -OCH3 is 1. The molecule has 0 aromatic rings. The van der Waals surface area contributed by atoms with Gasteiger partial charge in [-0.1, -0.05) is 20.3 Å². The van der Waals surface area contributed by atoms with Crippen molar-refractivity contribution in [2.75, 3.05) is 13.7 Å². The largest absolute Gasteiger partial charge is 0.467 e. The Kier molecular flexibility index (Phi) is 6.28. The molecule has 0 bridgehead atoms. The van der Waals surface area contributed by atoms with Gasteiger partial charge in [-0.05, 0) is 37.6 Å². The first kappa shape index (κ1) is 16.0. The molecule has 1 amide bonds. The monoisotopic (exact) mass is 270 g/mol. The van der Waals surface area contributed by atoms with Crippen molar-refractivity contribution in [3.05, 3.63) is 0 Å². The first-order valence-corrected chi connectivity index (χ1v) is 7.07. The molecule has 5 heteroatoms. The summed E-state index contributed by atoms with van der Waals surface area (Å²) in [6.07, 6.45) is 3.50. The Hall–Kier alpha value is -1.10. The number of hydrogen-bond donors (Lipinski definition) is 2. The van der Waals surface area contributed by atoms with Gasteiger partial charge in [0.05, 0.1) is 7.11 Å².